The molecule has 0 spiro atoms. The van der Waals surface area contributed by atoms with E-state index >= 15 is 0 Å². The molecule has 2 aliphatic rings. The first-order valence-corrected chi connectivity index (χ1v) is 12.4. The molecule has 8 heteroatoms. The SMILES string of the molecule is COc1ccc([C@H]2CC(=O)C3=C(C2)Nc2ccccc2N(C(=O)CCC(=O)O)[C@H]3c2ccc(F)cc2)cc1. The number of carbonyl (C=O) groups excluding carboxylic acids is 2. The molecule has 7 nitrogen and oxygen atoms in total. The Bertz CT molecular complexity index is 1420. The summed E-state index contributed by atoms with van der Waals surface area (Å²) >= 11 is 0. The van der Waals surface area contributed by atoms with Crippen molar-refractivity contribution in [3.8, 4) is 5.75 Å². The summed E-state index contributed by atoms with van der Waals surface area (Å²) in [6.45, 7) is 0. The number of hydrogen-bond donors (Lipinski definition) is 2. The fourth-order valence-electron chi connectivity index (χ4n) is 5.27. The molecule has 2 atom stereocenters. The molecule has 3 aromatic rings. The van der Waals surface area contributed by atoms with Gasteiger partial charge in [-0.3, -0.25) is 19.3 Å². The minimum atomic E-state index is -1.09. The third-order valence-electron chi connectivity index (χ3n) is 7.08. The molecular formula is C30H27FN2O5. The van der Waals surface area contributed by atoms with E-state index in [1.165, 1.54) is 17.0 Å². The first-order valence-electron chi connectivity index (χ1n) is 12.4. The predicted octanol–water partition coefficient (Wildman–Crippen LogP) is 5.60. The van der Waals surface area contributed by atoms with Gasteiger partial charge in [0.2, 0.25) is 5.91 Å². The van der Waals surface area contributed by atoms with E-state index in [2.05, 4.69) is 5.32 Å². The van der Waals surface area contributed by atoms with Crippen LogP contribution in [-0.4, -0.2) is 29.9 Å². The molecule has 0 fully saturated rings. The van der Waals surface area contributed by atoms with Gasteiger partial charge in [-0.15, -0.1) is 0 Å². The van der Waals surface area contributed by atoms with E-state index in [-0.39, 0.29) is 31.0 Å². The zero-order valence-corrected chi connectivity index (χ0v) is 20.8. The summed E-state index contributed by atoms with van der Waals surface area (Å²) in [6.07, 6.45) is 0.168. The summed E-state index contributed by atoms with van der Waals surface area (Å²) < 4.78 is 19.2. The number of para-hydroxylation sites is 2. The van der Waals surface area contributed by atoms with Gasteiger partial charge in [0.25, 0.3) is 0 Å². The number of ketones is 1. The molecule has 0 saturated heterocycles. The number of fused-ring (bicyclic) bond motifs is 1. The molecule has 1 aliphatic carbocycles. The van der Waals surface area contributed by atoms with Crippen LogP contribution < -0.4 is 15.0 Å². The monoisotopic (exact) mass is 514 g/mol. The smallest absolute Gasteiger partial charge is 0.303 e. The lowest BCUT2D eigenvalue weighted by Crippen LogP contribution is -2.38. The molecule has 0 aromatic heterocycles. The second kappa shape index (κ2) is 10.5. The van der Waals surface area contributed by atoms with Crippen LogP contribution in [0.1, 0.15) is 48.8 Å². The largest absolute Gasteiger partial charge is 0.497 e. The average Bonchev–Trinajstić information content (AvgIpc) is 3.07. The Kier molecular flexibility index (Phi) is 6.96. The van der Waals surface area contributed by atoms with E-state index in [1.54, 1.807) is 31.4 Å². The summed E-state index contributed by atoms with van der Waals surface area (Å²) in [4.78, 5) is 40.3. The first kappa shape index (κ1) is 25.2. The summed E-state index contributed by atoms with van der Waals surface area (Å²) in [5, 5.41) is 12.7. The van der Waals surface area contributed by atoms with Crippen molar-refractivity contribution in [1.29, 1.82) is 0 Å². The molecule has 1 amide bonds. The lowest BCUT2D eigenvalue weighted by Gasteiger charge is -2.35. The van der Waals surface area contributed by atoms with Crippen LogP contribution in [0.5, 0.6) is 5.75 Å². The van der Waals surface area contributed by atoms with Crippen LogP contribution in [-0.2, 0) is 14.4 Å². The molecule has 5 rings (SSSR count). The number of carboxylic acids is 1. The standard InChI is InChI=1S/C30H27FN2O5/c1-38-22-12-8-18(9-13-22)20-16-24-29(26(34)17-20)30(19-6-10-21(31)11-7-19)33(27(35)14-15-28(36)37)25-5-3-2-4-23(25)32-24/h2-13,20,30,32H,14-17H2,1H3,(H,36,37)/t20-,30+/m1/s1. The molecule has 194 valence electrons. The molecule has 2 N–H and O–H groups in total. The Morgan fingerprint density at radius 3 is 2.34 bits per heavy atom. The van der Waals surface area contributed by atoms with Crippen molar-refractivity contribution in [2.45, 2.75) is 37.6 Å². The normalized spacial score (nSPS) is 18.7. The number of carboxylic acid groups (broad SMARTS) is 1. The molecule has 0 saturated carbocycles. The summed E-state index contributed by atoms with van der Waals surface area (Å²) in [7, 11) is 1.60. The average molecular weight is 515 g/mol. The number of ether oxygens (including phenoxy) is 1. The maximum absolute atomic E-state index is 13.9. The highest BCUT2D eigenvalue weighted by Crippen LogP contribution is 2.47. The van der Waals surface area contributed by atoms with E-state index in [1.807, 2.05) is 36.4 Å². The van der Waals surface area contributed by atoms with Crippen LogP contribution >= 0.6 is 0 Å². The van der Waals surface area contributed by atoms with Crippen LogP contribution in [0.15, 0.2) is 84.1 Å². The Morgan fingerprint density at radius 2 is 1.66 bits per heavy atom. The molecule has 3 aromatic carbocycles. The highest BCUT2D eigenvalue weighted by molar-refractivity contribution is 6.06. The van der Waals surface area contributed by atoms with Gasteiger partial charge in [-0.2, -0.15) is 0 Å². The van der Waals surface area contributed by atoms with Gasteiger partial charge in [-0.05, 0) is 59.9 Å². The maximum Gasteiger partial charge on any atom is 0.303 e. The third-order valence-corrected chi connectivity index (χ3v) is 7.08. The second-order valence-electron chi connectivity index (χ2n) is 9.45. The number of allylic oxidation sites excluding steroid dienone is 1. The van der Waals surface area contributed by atoms with Crippen molar-refractivity contribution in [3.63, 3.8) is 0 Å². The molecular weight excluding hydrogens is 487 g/mol. The van der Waals surface area contributed by atoms with E-state index in [4.69, 9.17) is 4.74 Å². The fraction of sp³-hybridized carbons (Fsp3) is 0.233. The number of aliphatic carboxylic acids is 1. The molecule has 0 radical (unpaired) electrons. The number of anilines is 2. The molecule has 1 aliphatic heterocycles. The highest BCUT2D eigenvalue weighted by Gasteiger charge is 2.41. The van der Waals surface area contributed by atoms with Crippen LogP contribution in [0.3, 0.4) is 0 Å². The van der Waals surface area contributed by atoms with Crippen molar-refractivity contribution < 1.29 is 28.6 Å². The molecule has 0 unspecified atom stereocenters. The quantitative estimate of drug-likeness (QED) is 0.445. The molecule has 0 bridgehead atoms. The number of benzene rings is 3. The first-order chi connectivity index (χ1) is 18.4. The third kappa shape index (κ3) is 4.89. The lowest BCUT2D eigenvalue weighted by molar-refractivity contribution is -0.138. The molecule has 1 heterocycles. The van der Waals surface area contributed by atoms with E-state index in [0.29, 0.717) is 34.6 Å². The summed E-state index contributed by atoms with van der Waals surface area (Å²) in [5.74, 6) is -1.45. The Hall–Kier alpha value is -4.46. The number of methoxy groups -OCH3 is 1. The zero-order valence-electron chi connectivity index (χ0n) is 20.8. The summed E-state index contributed by atoms with van der Waals surface area (Å²) in [5.41, 5.74) is 3.85. The van der Waals surface area contributed by atoms with Crippen LogP contribution in [0.4, 0.5) is 15.8 Å². The van der Waals surface area contributed by atoms with Crippen molar-refractivity contribution in [2.75, 3.05) is 17.3 Å². The van der Waals surface area contributed by atoms with Crippen molar-refractivity contribution in [1.82, 2.24) is 0 Å². The minimum Gasteiger partial charge on any atom is -0.497 e. The number of amides is 1. The van der Waals surface area contributed by atoms with Crippen LogP contribution in [0, 0.1) is 5.82 Å². The number of rotatable bonds is 6. The van der Waals surface area contributed by atoms with Crippen molar-refractivity contribution >= 4 is 29.0 Å². The van der Waals surface area contributed by atoms with Crippen molar-refractivity contribution in [2.24, 2.45) is 0 Å². The number of halogens is 1. The topological polar surface area (TPSA) is 95.9 Å². The Labute approximate surface area is 219 Å². The van der Waals surface area contributed by atoms with Gasteiger partial charge in [-0.25, -0.2) is 4.39 Å². The second-order valence-corrected chi connectivity index (χ2v) is 9.45. The number of Topliss-reactive ketones (excluding diaryl/α,β-unsaturated/α-hetero) is 1. The van der Waals surface area contributed by atoms with Gasteiger partial charge < -0.3 is 15.2 Å². The minimum absolute atomic E-state index is 0.0880. The van der Waals surface area contributed by atoms with Gasteiger partial charge in [0.05, 0.1) is 30.9 Å². The van der Waals surface area contributed by atoms with E-state index in [0.717, 1.165) is 11.3 Å². The number of carbonyl (C=O) groups is 3. The van der Waals surface area contributed by atoms with Gasteiger partial charge in [0.15, 0.2) is 5.78 Å². The van der Waals surface area contributed by atoms with Crippen molar-refractivity contribution in [3.05, 3.63) is 101 Å². The van der Waals surface area contributed by atoms with Gasteiger partial charge >= 0.3 is 5.97 Å². The van der Waals surface area contributed by atoms with Gasteiger partial charge in [0.1, 0.15) is 11.6 Å². The van der Waals surface area contributed by atoms with Crippen LogP contribution in [0.25, 0.3) is 0 Å². The fourth-order valence-corrected chi connectivity index (χ4v) is 5.27. The van der Waals surface area contributed by atoms with E-state index in [9.17, 15) is 23.9 Å². The Morgan fingerprint density at radius 1 is 0.974 bits per heavy atom. The van der Waals surface area contributed by atoms with E-state index < -0.39 is 23.7 Å². The van der Waals surface area contributed by atoms with Crippen LogP contribution in [0.2, 0.25) is 0 Å². The predicted molar refractivity (Wildman–Crippen MR) is 141 cm³/mol. The zero-order chi connectivity index (χ0) is 26.8. The summed E-state index contributed by atoms with van der Waals surface area (Å²) in [6, 6.07) is 19.7. The number of nitrogens with zero attached hydrogens (tertiary/aromatic N) is 1. The van der Waals surface area contributed by atoms with Gasteiger partial charge in [-0.1, -0.05) is 36.4 Å². The number of nitrogens with one attached hydrogen (secondary N) is 1. The maximum atomic E-state index is 13.9. The molecule has 38 heavy (non-hydrogen) atoms. The highest BCUT2D eigenvalue weighted by atomic mass is 19.1. The lowest BCUT2D eigenvalue weighted by atomic mass is 9.78. The Balaban J connectivity index is 1.65. The number of hydrogen-bond acceptors (Lipinski definition) is 5. The van der Waals surface area contributed by atoms with Gasteiger partial charge in [0, 0.05) is 24.1 Å².